The number of carbonyl (C=O) groups excluding carboxylic acids is 2. The number of ether oxygens (including phenoxy) is 1. The molecule has 6 nitrogen and oxygen atoms in total. The van der Waals surface area contributed by atoms with E-state index >= 15 is 0 Å². The Bertz CT molecular complexity index is 822. The lowest BCUT2D eigenvalue weighted by Crippen LogP contribution is -2.41. The van der Waals surface area contributed by atoms with Crippen LogP contribution in [-0.4, -0.2) is 44.2 Å². The van der Waals surface area contributed by atoms with Crippen LogP contribution in [0.25, 0.3) is 0 Å². The highest BCUT2D eigenvalue weighted by molar-refractivity contribution is 5.79. The van der Waals surface area contributed by atoms with Gasteiger partial charge in [0.2, 0.25) is 11.8 Å². The molecule has 2 atom stereocenters. The quantitative estimate of drug-likeness (QED) is 0.522. The molecule has 3 rings (SSSR count). The van der Waals surface area contributed by atoms with E-state index in [2.05, 4.69) is 16.0 Å². The van der Waals surface area contributed by atoms with Crippen molar-refractivity contribution >= 4 is 11.8 Å². The Morgan fingerprint density at radius 1 is 0.914 bits per heavy atom. The zero-order valence-corrected chi connectivity index (χ0v) is 19.6. The summed E-state index contributed by atoms with van der Waals surface area (Å²) in [7, 11) is 1.60. The van der Waals surface area contributed by atoms with Gasteiger partial charge in [0.05, 0.1) is 11.1 Å². The van der Waals surface area contributed by atoms with Crippen LogP contribution in [0.5, 0.6) is 0 Å². The molecule has 1 saturated heterocycles. The summed E-state index contributed by atoms with van der Waals surface area (Å²) in [5, 5.41) is 8.40. The van der Waals surface area contributed by atoms with E-state index in [-0.39, 0.29) is 41.9 Å². The highest BCUT2D eigenvalue weighted by atomic mass is 19.4. The van der Waals surface area contributed by atoms with E-state index in [4.69, 9.17) is 4.74 Å². The molecule has 1 saturated carbocycles. The van der Waals surface area contributed by atoms with Crippen molar-refractivity contribution in [3.05, 3.63) is 34.9 Å². The molecule has 1 aliphatic carbocycles. The first-order valence-electron chi connectivity index (χ1n) is 11.4. The second-order valence-corrected chi connectivity index (χ2v) is 8.70. The molecule has 12 heteroatoms. The monoisotopic (exact) mass is 511 g/mol. The fraction of sp³-hybridized carbons (Fsp3) is 0.652. The smallest absolute Gasteiger partial charge is 0.381 e. The van der Waals surface area contributed by atoms with Gasteiger partial charge in [-0.1, -0.05) is 0 Å². The Morgan fingerprint density at radius 2 is 1.46 bits per heavy atom. The average Bonchev–Trinajstić information content (AvgIpc) is 3.25. The number of nitrogens with one attached hydrogen (secondary N) is 3. The van der Waals surface area contributed by atoms with Gasteiger partial charge in [-0.2, -0.15) is 26.3 Å². The summed E-state index contributed by atoms with van der Waals surface area (Å²) in [5.74, 6) is -0.655. The number of hydrogen-bond donors (Lipinski definition) is 3. The van der Waals surface area contributed by atoms with E-state index in [0.29, 0.717) is 44.2 Å². The Labute approximate surface area is 200 Å². The van der Waals surface area contributed by atoms with Crippen molar-refractivity contribution in [1.29, 1.82) is 0 Å². The minimum Gasteiger partial charge on any atom is -0.381 e. The third-order valence-corrected chi connectivity index (χ3v) is 5.96. The molecular weight excluding hydrogens is 480 g/mol. The number of carbonyl (C=O) groups is 2. The number of rotatable bonds is 5. The summed E-state index contributed by atoms with van der Waals surface area (Å²) < 4.78 is 83.0. The molecule has 0 unspecified atom stereocenters. The highest BCUT2D eigenvalue weighted by Gasteiger charge is 2.37. The third kappa shape index (κ3) is 9.67. The second-order valence-electron chi connectivity index (χ2n) is 8.70. The van der Waals surface area contributed by atoms with E-state index in [0.717, 1.165) is 19.3 Å². The SMILES string of the molecule is CNC(C)=O.O=C(NCc1cc(C(F)(F)F)cc(C(F)(F)F)c1)[C@H]1CC[C@@H](NC2CCOCC2)C1. The normalized spacial score (nSPS) is 21.1. The Balaban J connectivity index is 0.000000784. The van der Waals surface area contributed by atoms with Crippen molar-refractivity contribution in [3.8, 4) is 0 Å². The number of benzene rings is 1. The first-order valence-corrected chi connectivity index (χ1v) is 11.4. The van der Waals surface area contributed by atoms with Crippen LogP contribution < -0.4 is 16.0 Å². The maximum atomic E-state index is 12.9. The lowest BCUT2D eigenvalue weighted by Gasteiger charge is -2.26. The molecule has 1 heterocycles. The van der Waals surface area contributed by atoms with Gasteiger partial charge in [0.25, 0.3) is 0 Å². The van der Waals surface area contributed by atoms with Crippen LogP contribution >= 0.6 is 0 Å². The van der Waals surface area contributed by atoms with Crippen LogP contribution in [0, 0.1) is 5.92 Å². The van der Waals surface area contributed by atoms with E-state index in [9.17, 15) is 35.9 Å². The van der Waals surface area contributed by atoms with Crippen LogP contribution in [0.1, 0.15) is 55.7 Å². The van der Waals surface area contributed by atoms with Gasteiger partial charge in [-0.05, 0) is 55.9 Å². The van der Waals surface area contributed by atoms with Gasteiger partial charge in [0.1, 0.15) is 0 Å². The Kier molecular flexibility index (Phi) is 10.4. The molecule has 0 aromatic heterocycles. The van der Waals surface area contributed by atoms with E-state index in [1.54, 1.807) is 7.05 Å². The van der Waals surface area contributed by atoms with Crippen LogP contribution in [0.2, 0.25) is 0 Å². The zero-order valence-electron chi connectivity index (χ0n) is 19.6. The number of halogens is 6. The summed E-state index contributed by atoms with van der Waals surface area (Å²) in [5.41, 5.74) is -3.01. The minimum atomic E-state index is -4.91. The largest absolute Gasteiger partial charge is 0.416 e. The van der Waals surface area contributed by atoms with Crippen molar-refractivity contribution in [2.75, 3.05) is 20.3 Å². The molecule has 1 aromatic carbocycles. The molecule has 2 amide bonds. The van der Waals surface area contributed by atoms with E-state index in [1.165, 1.54) is 6.92 Å². The average molecular weight is 512 g/mol. The molecule has 2 fully saturated rings. The molecule has 0 radical (unpaired) electrons. The first kappa shape index (κ1) is 28.9. The van der Waals surface area contributed by atoms with E-state index in [1.807, 2.05) is 0 Å². The number of hydrogen-bond acceptors (Lipinski definition) is 4. The zero-order chi connectivity index (χ0) is 26.2. The van der Waals surface area contributed by atoms with Crippen LogP contribution in [0.4, 0.5) is 26.3 Å². The topological polar surface area (TPSA) is 79.5 Å². The van der Waals surface area contributed by atoms with Gasteiger partial charge in [-0.25, -0.2) is 0 Å². The minimum absolute atomic E-state index is 0.00463. The molecule has 0 spiro atoms. The van der Waals surface area contributed by atoms with Gasteiger partial charge in [-0.15, -0.1) is 0 Å². The summed E-state index contributed by atoms with van der Waals surface area (Å²) in [6.45, 7) is 2.48. The summed E-state index contributed by atoms with van der Waals surface area (Å²) >= 11 is 0. The predicted octanol–water partition coefficient (Wildman–Crippen LogP) is 4.03. The van der Waals surface area contributed by atoms with Gasteiger partial charge < -0.3 is 20.7 Å². The predicted molar refractivity (Wildman–Crippen MR) is 116 cm³/mol. The summed E-state index contributed by atoms with van der Waals surface area (Å²) in [6.07, 6.45) is -5.97. The summed E-state index contributed by atoms with van der Waals surface area (Å²) in [4.78, 5) is 22.1. The van der Waals surface area contributed by atoms with Crippen molar-refractivity contribution in [3.63, 3.8) is 0 Å². The molecular formula is C23H31F6N3O3. The van der Waals surface area contributed by atoms with Crippen LogP contribution in [-0.2, 0) is 33.2 Å². The molecule has 35 heavy (non-hydrogen) atoms. The van der Waals surface area contributed by atoms with E-state index < -0.39 is 23.5 Å². The highest BCUT2D eigenvalue weighted by Crippen LogP contribution is 2.36. The molecule has 198 valence electrons. The molecule has 1 aliphatic heterocycles. The van der Waals surface area contributed by atoms with Gasteiger partial charge in [-0.3, -0.25) is 9.59 Å². The third-order valence-electron chi connectivity index (χ3n) is 5.96. The number of amides is 2. The van der Waals surface area contributed by atoms with Gasteiger partial charge >= 0.3 is 12.4 Å². The van der Waals surface area contributed by atoms with Crippen molar-refractivity contribution in [1.82, 2.24) is 16.0 Å². The van der Waals surface area contributed by atoms with Crippen molar-refractivity contribution in [2.45, 2.75) is 70.0 Å². The maximum absolute atomic E-state index is 12.9. The lowest BCUT2D eigenvalue weighted by molar-refractivity contribution is -0.143. The summed E-state index contributed by atoms with van der Waals surface area (Å²) in [6, 6.07) is 1.87. The Morgan fingerprint density at radius 3 is 1.94 bits per heavy atom. The molecule has 1 aromatic rings. The molecule has 3 N–H and O–H groups in total. The van der Waals surface area contributed by atoms with Gasteiger partial charge in [0.15, 0.2) is 0 Å². The van der Waals surface area contributed by atoms with Crippen molar-refractivity contribution < 1.29 is 40.7 Å². The lowest BCUT2D eigenvalue weighted by atomic mass is 10.0. The van der Waals surface area contributed by atoms with Gasteiger partial charge in [0, 0.05) is 51.7 Å². The van der Waals surface area contributed by atoms with Crippen molar-refractivity contribution in [2.24, 2.45) is 5.92 Å². The molecule has 0 bridgehead atoms. The van der Waals surface area contributed by atoms with Crippen LogP contribution in [0.15, 0.2) is 18.2 Å². The fourth-order valence-electron chi connectivity index (χ4n) is 4.02. The second kappa shape index (κ2) is 12.6. The Hall–Kier alpha value is -2.34. The number of alkyl halides is 6. The maximum Gasteiger partial charge on any atom is 0.416 e. The van der Waals surface area contributed by atoms with Crippen LogP contribution in [0.3, 0.4) is 0 Å². The molecule has 2 aliphatic rings. The first-order chi connectivity index (χ1) is 16.3. The fourth-order valence-corrected chi connectivity index (χ4v) is 4.02. The standard InChI is InChI=1S/C20H24F6N2O2.C3H7NO/c21-19(22,23)14-7-12(8-15(10-14)20(24,25)26)11-27-18(29)13-1-2-17(9-13)28-16-3-5-30-6-4-16;1-3(5)4-2/h7-8,10,13,16-17,28H,1-6,9,11H2,(H,27,29);1-2H3,(H,4,5)/t13-,17+;/m0./s1.